The molecule has 1 aromatic rings. The molecule has 1 aliphatic rings. The summed E-state index contributed by atoms with van der Waals surface area (Å²) in [5.41, 5.74) is 7.95. The van der Waals surface area contributed by atoms with Gasteiger partial charge in [0.2, 0.25) is 11.8 Å². The molecule has 0 heterocycles. The molecule has 6 heteroatoms. The Balaban J connectivity index is 0.00000312. The van der Waals surface area contributed by atoms with Crippen LogP contribution in [0.4, 0.5) is 11.4 Å². The summed E-state index contributed by atoms with van der Waals surface area (Å²) >= 11 is 0. The number of anilines is 2. The van der Waals surface area contributed by atoms with Gasteiger partial charge in [-0.2, -0.15) is 0 Å². The number of nitrogens with two attached hydrogens (primary N) is 1. The second-order valence-corrected chi connectivity index (χ2v) is 7.84. The van der Waals surface area contributed by atoms with E-state index in [9.17, 15) is 9.59 Å². The Hall–Kier alpha value is -1.59. The Morgan fingerprint density at radius 3 is 2.44 bits per heavy atom. The molecular formula is C19H30ClN3O2. The fourth-order valence-electron chi connectivity index (χ4n) is 2.91. The van der Waals surface area contributed by atoms with Crippen LogP contribution in [0.2, 0.25) is 0 Å². The van der Waals surface area contributed by atoms with E-state index in [0.29, 0.717) is 12.1 Å². The lowest BCUT2D eigenvalue weighted by Crippen LogP contribution is -2.28. The van der Waals surface area contributed by atoms with Crippen molar-refractivity contribution in [3.05, 3.63) is 23.8 Å². The van der Waals surface area contributed by atoms with Crippen LogP contribution in [0.25, 0.3) is 0 Å². The predicted octanol–water partition coefficient (Wildman–Crippen LogP) is 3.86. The highest BCUT2D eigenvalue weighted by Crippen LogP contribution is 2.28. The number of hydrogen-bond acceptors (Lipinski definition) is 3. The number of nitrogens with one attached hydrogen (secondary N) is 2. The van der Waals surface area contributed by atoms with Crippen LogP contribution in [-0.4, -0.2) is 17.9 Å². The van der Waals surface area contributed by atoms with Gasteiger partial charge in [-0.15, -0.1) is 12.4 Å². The second-order valence-electron chi connectivity index (χ2n) is 7.84. The van der Waals surface area contributed by atoms with E-state index in [2.05, 4.69) is 10.6 Å². The van der Waals surface area contributed by atoms with Crippen LogP contribution in [0.15, 0.2) is 18.2 Å². The molecule has 2 rings (SSSR count). The number of hydrogen-bond donors (Lipinski definition) is 3. The minimum Gasteiger partial charge on any atom is -0.327 e. The highest BCUT2D eigenvalue weighted by atomic mass is 35.5. The highest BCUT2D eigenvalue weighted by molar-refractivity contribution is 5.97. The lowest BCUT2D eigenvalue weighted by molar-refractivity contribution is -0.123. The van der Waals surface area contributed by atoms with Crippen molar-refractivity contribution in [3.63, 3.8) is 0 Å². The van der Waals surface area contributed by atoms with Gasteiger partial charge in [0.05, 0.1) is 0 Å². The van der Waals surface area contributed by atoms with Crippen molar-refractivity contribution in [2.24, 2.45) is 17.1 Å². The third kappa shape index (κ3) is 6.01. The maximum Gasteiger partial charge on any atom is 0.229 e. The summed E-state index contributed by atoms with van der Waals surface area (Å²) in [6.45, 7) is 7.54. The van der Waals surface area contributed by atoms with Crippen molar-refractivity contribution in [1.29, 1.82) is 0 Å². The molecule has 5 nitrogen and oxygen atoms in total. The Bertz CT molecular complexity index is 626. The average molecular weight is 368 g/mol. The van der Waals surface area contributed by atoms with Crippen LogP contribution in [-0.2, 0) is 9.59 Å². The van der Waals surface area contributed by atoms with E-state index in [-0.39, 0.29) is 36.2 Å². The topological polar surface area (TPSA) is 84.2 Å². The number of halogens is 1. The number of amides is 2. The normalized spacial score (nSPS) is 19.9. The Morgan fingerprint density at radius 2 is 1.88 bits per heavy atom. The van der Waals surface area contributed by atoms with Crippen LogP contribution < -0.4 is 16.4 Å². The van der Waals surface area contributed by atoms with Crippen molar-refractivity contribution in [2.75, 3.05) is 10.6 Å². The molecule has 1 aromatic carbocycles. The Kier molecular flexibility index (Phi) is 7.44. The molecule has 0 spiro atoms. The Labute approximate surface area is 156 Å². The number of carbonyl (C=O) groups is 2. The second kappa shape index (κ2) is 8.68. The first-order chi connectivity index (χ1) is 11.2. The fourth-order valence-corrected chi connectivity index (χ4v) is 2.91. The monoisotopic (exact) mass is 367 g/mol. The molecule has 0 aromatic heterocycles. The van der Waals surface area contributed by atoms with Crippen molar-refractivity contribution in [1.82, 2.24) is 0 Å². The van der Waals surface area contributed by atoms with Gasteiger partial charge in [-0.05, 0) is 43.4 Å². The fraction of sp³-hybridized carbons (Fsp3) is 0.579. The molecule has 140 valence electrons. The van der Waals surface area contributed by atoms with Gasteiger partial charge in [0.15, 0.2) is 0 Å². The molecule has 0 aliphatic heterocycles. The van der Waals surface area contributed by atoms with E-state index < -0.39 is 5.41 Å². The smallest absolute Gasteiger partial charge is 0.229 e. The van der Waals surface area contributed by atoms with Gasteiger partial charge in [0.1, 0.15) is 0 Å². The number of carbonyl (C=O) groups excluding carboxylic acids is 2. The number of rotatable bonds is 4. The van der Waals surface area contributed by atoms with Crippen molar-refractivity contribution in [3.8, 4) is 0 Å². The minimum atomic E-state index is -0.468. The molecule has 2 amide bonds. The largest absolute Gasteiger partial charge is 0.327 e. The van der Waals surface area contributed by atoms with E-state index in [1.54, 1.807) is 0 Å². The van der Waals surface area contributed by atoms with Gasteiger partial charge in [0, 0.05) is 29.3 Å². The van der Waals surface area contributed by atoms with E-state index >= 15 is 0 Å². The lowest BCUT2D eigenvalue weighted by Gasteiger charge is -2.19. The summed E-state index contributed by atoms with van der Waals surface area (Å²) < 4.78 is 0. The molecular weight excluding hydrogens is 338 g/mol. The minimum absolute atomic E-state index is 0. The van der Waals surface area contributed by atoms with Gasteiger partial charge < -0.3 is 16.4 Å². The molecule has 1 fully saturated rings. The van der Waals surface area contributed by atoms with E-state index in [1.165, 1.54) is 0 Å². The van der Waals surface area contributed by atoms with Gasteiger partial charge >= 0.3 is 0 Å². The summed E-state index contributed by atoms with van der Waals surface area (Å²) in [5, 5.41) is 5.86. The van der Waals surface area contributed by atoms with Crippen LogP contribution >= 0.6 is 12.4 Å². The van der Waals surface area contributed by atoms with Crippen molar-refractivity contribution in [2.45, 2.75) is 59.4 Å². The van der Waals surface area contributed by atoms with Crippen molar-refractivity contribution >= 4 is 35.6 Å². The molecule has 1 saturated carbocycles. The first-order valence-corrected chi connectivity index (χ1v) is 8.64. The number of aryl methyl sites for hydroxylation is 1. The quantitative estimate of drug-likeness (QED) is 0.755. The van der Waals surface area contributed by atoms with Gasteiger partial charge in [0.25, 0.3) is 0 Å². The van der Waals surface area contributed by atoms with Crippen LogP contribution in [0, 0.1) is 18.3 Å². The predicted molar refractivity (Wildman–Crippen MR) is 105 cm³/mol. The zero-order chi connectivity index (χ0) is 17.9. The van der Waals surface area contributed by atoms with E-state index in [0.717, 1.165) is 30.5 Å². The zero-order valence-electron chi connectivity index (χ0n) is 15.5. The molecule has 0 bridgehead atoms. The first kappa shape index (κ1) is 21.5. The molecule has 0 radical (unpaired) electrons. The molecule has 1 aliphatic carbocycles. The van der Waals surface area contributed by atoms with Crippen molar-refractivity contribution < 1.29 is 9.59 Å². The van der Waals surface area contributed by atoms with Crippen LogP contribution in [0.1, 0.15) is 52.0 Å². The Morgan fingerprint density at radius 1 is 1.20 bits per heavy atom. The van der Waals surface area contributed by atoms with Crippen LogP contribution in [0.3, 0.4) is 0 Å². The molecule has 4 N–H and O–H groups in total. The third-order valence-electron chi connectivity index (χ3n) is 4.62. The van der Waals surface area contributed by atoms with E-state index in [1.807, 2.05) is 45.9 Å². The highest BCUT2D eigenvalue weighted by Gasteiger charge is 2.26. The number of benzene rings is 1. The average Bonchev–Trinajstić information content (AvgIpc) is 2.86. The molecule has 0 saturated heterocycles. The zero-order valence-corrected chi connectivity index (χ0v) is 16.3. The summed E-state index contributed by atoms with van der Waals surface area (Å²) in [6, 6.07) is 5.70. The SMILES string of the molecule is Cc1ccc(NC(=O)C[C@@H]2CCC[C@H]2N)cc1NC(=O)C(C)(C)C.Cl. The summed E-state index contributed by atoms with van der Waals surface area (Å²) in [7, 11) is 0. The third-order valence-corrected chi connectivity index (χ3v) is 4.62. The summed E-state index contributed by atoms with van der Waals surface area (Å²) in [4.78, 5) is 24.4. The molecule has 0 unspecified atom stereocenters. The molecule has 2 atom stereocenters. The maximum atomic E-state index is 12.2. The summed E-state index contributed by atoms with van der Waals surface area (Å²) in [5.74, 6) is 0.204. The lowest BCUT2D eigenvalue weighted by atomic mass is 9.95. The van der Waals surface area contributed by atoms with Gasteiger partial charge in [-0.3, -0.25) is 9.59 Å². The maximum absolute atomic E-state index is 12.2. The van der Waals surface area contributed by atoms with Gasteiger partial charge in [-0.1, -0.05) is 33.3 Å². The standard InChI is InChI=1S/C19H29N3O2.ClH/c1-12-8-9-14(11-16(12)22-18(24)19(2,3)4)21-17(23)10-13-6-5-7-15(13)20;/h8-9,11,13,15H,5-7,10,20H2,1-4H3,(H,21,23)(H,22,24);1H/t13-,15+;/m0./s1. The van der Waals surface area contributed by atoms with Gasteiger partial charge in [-0.25, -0.2) is 0 Å². The van der Waals surface area contributed by atoms with E-state index in [4.69, 9.17) is 5.73 Å². The van der Waals surface area contributed by atoms with Crippen LogP contribution in [0.5, 0.6) is 0 Å². The summed E-state index contributed by atoms with van der Waals surface area (Å²) in [6.07, 6.45) is 3.59. The molecule has 25 heavy (non-hydrogen) atoms. The first-order valence-electron chi connectivity index (χ1n) is 8.64.